The van der Waals surface area contributed by atoms with E-state index in [4.69, 9.17) is 38.0 Å². The molecule has 0 atom stereocenters. The van der Waals surface area contributed by atoms with Gasteiger partial charge in [-0.25, -0.2) is 15.0 Å². The number of aromatic nitrogens is 1. The molecule has 220 valence electrons. The van der Waals surface area contributed by atoms with Gasteiger partial charge in [0.05, 0.1) is 11.9 Å². The number of hydrogen-bond donors (Lipinski definition) is 1. The van der Waals surface area contributed by atoms with Crippen LogP contribution in [0.1, 0.15) is 38.7 Å². The van der Waals surface area contributed by atoms with E-state index in [0.717, 1.165) is 69.8 Å². The number of likely N-dealkylation sites (N-methyl/N-ethyl adjacent to an activating group) is 1. The van der Waals surface area contributed by atoms with Crippen molar-refractivity contribution in [2.75, 3.05) is 45.8 Å². The van der Waals surface area contributed by atoms with Crippen LogP contribution in [0.3, 0.4) is 0 Å². The highest BCUT2D eigenvalue weighted by molar-refractivity contribution is 6.35. The Labute approximate surface area is 252 Å². The molecule has 0 spiro atoms. The van der Waals surface area contributed by atoms with Crippen molar-refractivity contribution >= 4 is 41.8 Å². The van der Waals surface area contributed by atoms with Crippen molar-refractivity contribution in [3.63, 3.8) is 0 Å². The zero-order valence-corrected chi connectivity index (χ0v) is 25.2. The van der Waals surface area contributed by atoms with Gasteiger partial charge in [-0.05, 0) is 81.9 Å². The summed E-state index contributed by atoms with van der Waals surface area (Å²) in [6, 6.07) is 9.29. The van der Waals surface area contributed by atoms with Gasteiger partial charge in [-0.3, -0.25) is 9.69 Å². The number of guanidine groups is 1. The van der Waals surface area contributed by atoms with E-state index in [-0.39, 0.29) is 12.3 Å². The average Bonchev–Trinajstić information content (AvgIpc) is 2.94. The lowest BCUT2D eigenvalue weighted by Crippen LogP contribution is -2.48. The largest absolute Gasteiger partial charge is 0.481 e. The maximum absolute atomic E-state index is 11.1. The number of carboxylic acid groups (broad SMARTS) is 1. The van der Waals surface area contributed by atoms with Crippen LogP contribution >= 0.6 is 23.2 Å². The second-order valence-corrected chi connectivity index (χ2v) is 11.4. The molecule has 0 aliphatic carbocycles. The lowest BCUT2D eigenvalue weighted by molar-refractivity contribution is -0.138. The smallest absolute Gasteiger partial charge is 0.303 e. The lowest BCUT2D eigenvalue weighted by Gasteiger charge is -2.34. The molecule has 2 aliphatic rings. The molecule has 11 heteroatoms. The Morgan fingerprint density at radius 1 is 1.07 bits per heavy atom. The Balaban J connectivity index is 1.53. The lowest BCUT2D eigenvalue weighted by atomic mass is 9.93. The minimum atomic E-state index is -0.730. The van der Waals surface area contributed by atoms with Crippen molar-refractivity contribution in [2.45, 2.75) is 39.7 Å². The second-order valence-electron chi connectivity index (χ2n) is 10.5. The molecule has 1 aromatic heterocycles. The number of pyridine rings is 1. The third-order valence-corrected chi connectivity index (χ3v) is 7.90. The van der Waals surface area contributed by atoms with Crippen molar-refractivity contribution in [1.29, 1.82) is 0 Å². The summed E-state index contributed by atoms with van der Waals surface area (Å²) in [5, 5.41) is 10.2. The molecule has 1 aromatic carbocycles. The minimum absolute atomic E-state index is 0.225. The van der Waals surface area contributed by atoms with E-state index in [2.05, 4.69) is 38.3 Å². The van der Waals surface area contributed by atoms with Gasteiger partial charge < -0.3 is 19.6 Å². The van der Waals surface area contributed by atoms with E-state index < -0.39 is 5.97 Å². The summed E-state index contributed by atoms with van der Waals surface area (Å²) in [7, 11) is 0. The van der Waals surface area contributed by atoms with Crippen LogP contribution in [0.15, 0.2) is 52.3 Å². The van der Waals surface area contributed by atoms with E-state index in [1.54, 1.807) is 12.3 Å². The molecule has 41 heavy (non-hydrogen) atoms. The zero-order chi connectivity index (χ0) is 29.4. The van der Waals surface area contributed by atoms with Crippen molar-refractivity contribution in [3.05, 3.63) is 57.9 Å². The SMILES string of the molecule is C=N/C(=N\C=C(/C)Oc1cc(CN2CCC(CC(=O)O)CC2)cc(-c2cc(Cl)cc(Cl)c2)n1)N1CCN(CC)CC1. The van der Waals surface area contributed by atoms with Gasteiger partial charge in [-0.2, -0.15) is 0 Å². The molecule has 0 saturated carbocycles. The molecular weight excluding hydrogens is 563 g/mol. The van der Waals surface area contributed by atoms with Crippen molar-refractivity contribution in [1.82, 2.24) is 19.7 Å². The van der Waals surface area contributed by atoms with Crippen LogP contribution in [0.2, 0.25) is 10.0 Å². The van der Waals surface area contributed by atoms with Gasteiger partial charge in [0.2, 0.25) is 11.8 Å². The number of benzene rings is 1. The summed E-state index contributed by atoms with van der Waals surface area (Å²) in [6.45, 7) is 14.7. The standard InChI is InChI=1S/C30H38Cl2N6O3/c1-4-36-9-11-38(12-10-36)30(33-3)34-19-21(2)41-28-14-23(20-37-7-5-22(6-8-37)15-29(39)40)13-27(35-28)24-16-25(31)18-26(32)17-24/h13-14,16-19,22H,3-12,15,20H2,1-2H3,(H,39,40)/b21-19+,34-30+. The fourth-order valence-corrected chi connectivity index (χ4v) is 5.76. The first-order chi connectivity index (χ1) is 19.7. The third kappa shape index (κ3) is 9.26. The molecule has 2 saturated heterocycles. The number of allylic oxidation sites excluding steroid dienone is 1. The van der Waals surface area contributed by atoms with Gasteiger partial charge >= 0.3 is 5.97 Å². The molecule has 1 N–H and O–H groups in total. The number of aliphatic carboxylic acids is 1. The Hall–Kier alpha value is -2.98. The molecule has 0 bridgehead atoms. The number of hydrogen-bond acceptors (Lipinski definition) is 6. The molecular formula is C30H38Cl2N6O3. The van der Waals surface area contributed by atoms with E-state index >= 15 is 0 Å². The van der Waals surface area contributed by atoms with Gasteiger partial charge in [0.1, 0.15) is 5.76 Å². The molecule has 2 fully saturated rings. The maximum atomic E-state index is 11.1. The van der Waals surface area contributed by atoms with Crippen LogP contribution in [0, 0.1) is 5.92 Å². The predicted octanol–water partition coefficient (Wildman–Crippen LogP) is 5.68. The first-order valence-corrected chi connectivity index (χ1v) is 14.8. The molecule has 2 aliphatic heterocycles. The monoisotopic (exact) mass is 600 g/mol. The van der Waals surface area contributed by atoms with Crippen molar-refractivity contribution < 1.29 is 14.6 Å². The second kappa shape index (κ2) is 14.8. The number of piperidine rings is 1. The first-order valence-electron chi connectivity index (χ1n) is 14.0. The maximum Gasteiger partial charge on any atom is 0.303 e. The summed E-state index contributed by atoms with van der Waals surface area (Å²) in [6.07, 6.45) is 3.61. The zero-order valence-electron chi connectivity index (χ0n) is 23.7. The minimum Gasteiger partial charge on any atom is -0.481 e. The Morgan fingerprint density at radius 3 is 2.37 bits per heavy atom. The summed E-state index contributed by atoms with van der Waals surface area (Å²) in [5.41, 5.74) is 2.51. The van der Waals surface area contributed by atoms with E-state index in [1.807, 2.05) is 31.2 Å². The Bertz CT molecular complexity index is 1260. The normalized spacial score (nSPS) is 18.0. The number of likely N-dealkylation sites (tertiary alicyclic amines) is 1. The highest BCUT2D eigenvalue weighted by atomic mass is 35.5. The average molecular weight is 602 g/mol. The quantitative estimate of drug-likeness (QED) is 0.225. The number of piperazine rings is 1. The predicted molar refractivity (Wildman–Crippen MR) is 165 cm³/mol. The topological polar surface area (TPSA) is 93.9 Å². The van der Waals surface area contributed by atoms with Gasteiger partial charge in [0, 0.05) is 60.8 Å². The third-order valence-electron chi connectivity index (χ3n) is 7.47. The molecule has 0 amide bonds. The van der Waals surface area contributed by atoms with Gasteiger partial charge in [0.15, 0.2) is 0 Å². The molecule has 0 radical (unpaired) electrons. The van der Waals surface area contributed by atoms with Crippen molar-refractivity contribution in [3.8, 4) is 17.1 Å². The first kappa shape index (κ1) is 31.0. The number of halogens is 2. The number of carbonyl (C=O) groups is 1. The van der Waals surface area contributed by atoms with Crippen LogP contribution in [-0.2, 0) is 11.3 Å². The van der Waals surface area contributed by atoms with Crippen LogP contribution in [0.25, 0.3) is 11.3 Å². The Morgan fingerprint density at radius 2 is 1.76 bits per heavy atom. The number of carboxylic acids is 1. The van der Waals surface area contributed by atoms with E-state index in [0.29, 0.717) is 39.9 Å². The van der Waals surface area contributed by atoms with Gasteiger partial charge in [0.25, 0.3) is 0 Å². The summed E-state index contributed by atoms with van der Waals surface area (Å²) < 4.78 is 6.15. The molecule has 2 aromatic rings. The Kier molecular flexibility index (Phi) is 11.2. The summed E-state index contributed by atoms with van der Waals surface area (Å²) in [4.78, 5) is 31.4. The fourth-order valence-electron chi connectivity index (χ4n) is 5.23. The number of nitrogens with zero attached hydrogens (tertiary/aromatic N) is 6. The fraction of sp³-hybridized carbons (Fsp3) is 0.467. The summed E-state index contributed by atoms with van der Waals surface area (Å²) >= 11 is 12.6. The van der Waals surface area contributed by atoms with Crippen LogP contribution in [0.5, 0.6) is 5.88 Å². The molecule has 3 heterocycles. The van der Waals surface area contributed by atoms with Crippen LogP contribution in [0.4, 0.5) is 0 Å². The molecule has 9 nitrogen and oxygen atoms in total. The molecule has 0 unspecified atom stereocenters. The number of rotatable bonds is 9. The van der Waals surface area contributed by atoms with Gasteiger partial charge in [-0.15, -0.1) is 0 Å². The summed E-state index contributed by atoms with van der Waals surface area (Å²) in [5.74, 6) is 1.07. The van der Waals surface area contributed by atoms with E-state index in [9.17, 15) is 4.79 Å². The number of aliphatic imine (C=N–C) groups is 2. The van der Waals surface area contributed by atoms with E-state index in [1.165, 1.54) is 0 Å². The molecule has 4 rings (SSSR count). The van der Waals surface area contributed by atoms with Crippen LogP contribution < -0.4 is 4.74 Å². The highest BCUT2D eigenvalue weighted by Gasteiger charge is 2.22. The number of ether oxygens (including phenoxy) is 1. The van der Waals surface area contributed by atoms with Crippen LogP contribution in [-0.4, -0.2) is 89.2 Å². The van der Waals surface area contributed by atoms with Crippen molar-refractivity contribution in [2.24, 2.45) is 15.9 Å². The highest BCUT2D eigenvalue weighted by Crippen LogP contribution is 2.30. The van der Waals surface area contributed by atoms with Gasteiger partial charge in [-0.1, -0.05) is 30.1 Å².